The molecule has 3 rings (SSSR count). The number of benzene rings is 2. The third kappa shape index (κ3) is 5.31. The van der Waals surface area contributed by atoms with Gasteiger partial charge in [-0.15, -0.1) is 0 Å². The number of halogens is 1. The third-order valence-electron chi connectivity index (χ3n) is 7.19. The van der Waals surface area contributed by atoms with Crippen molar-refractivity contribution in [3.63, 3.8) is 0 Å². The van der Waals surface area contributed by atoms with Gasteiger partial charge in [0.2, 0.25) is 12.3 Å². The molecule has 1 aliphatic heterocycles. The Morgan fingerprint density at radius 2 is 1.89 bits per heavy atom. The van der Waals surface area contributed by atoms with Crippen molar-refractivity contribution in [3.05, 3.63) is 83.7 Å². The Morgan fingerprint density at radius 3 is 2.44 bits per heavy atom. The summed E-state index contributed by atoms with van der Waals surface area (Å²) < 4.78 is 14.3. The molecule has 3 unspecified atom stereocenters. The lowest BCUT2D eigenvalue weighted by molar-refractivity contribution is -0.118. The van der Waals surface area contributed by atoms with E-state index in [2.05, 4.69) is 36.4 Å². The fraction of sp³-hybridized carbons (Fsp3) is 0.345. The summed E-state index contributed by atoms with van der Waals surface area (Å²) in [5.74, 6) is -1.21. The van der Waals surface area contributed by atoms with Gasteiger partial charge in [-0.2, -0.15) is 0 Å². The van der Waals surface area contributed by atoms with Crippen LogP contribution in [-0.4, -0.2) is 30.2 Å². The second-order valence-electron chi connectivity index (χ2n) is 9.28. The van der Waals surface area contributed by atoms with Gasteiger partial charge >= 0.3 is 0 Å². The molecule has 1 fully saturated rings. The van der Waals surface area contributed by atoms with E-state index in [0.717, 1.165) is 30.3 Å². The minimum absolute atomic E-state index is 0.312. The Kier molecular flexibility index (Phi) is 8.93. The minimum Gasteiger partial charge on any atom is -0.328 e. The van der Waals surface area contributed by atoms with Gasteiger partial charge in [0.25, 0.3) is 0 Å². The van der Waals surface area contributed by atoms with Gasteiger partial charge in [0.15, 0.2) is 0 Å². The number of amides is 2. The maximum Gasteiger partial charge on any atom is 0.242 e. The van der Waals surface area contributed by atoms with Gasteiger partial charge in [0, 0.05) is 34.3 Å². The van der Waals surface area contributed by atoms with Gasteiger partial charge in [-0.05, 0) is 66.8 Å². The van der Waals surface area contributed by atoms with E-state index in [4.69, 9.17) is 0 Å². The quantitative estimate of drug-likeness (QED) is 0.279. The van der Waals surface area contributed by atoms with Crippen molar-refractivity contribution in [2.24, 2.45) is 5.92 Å². The maximum atomic E-state index is 14.3. The number of aryl methyl sites for hydroxylation is 1. The molecule has 36 heavy (non-hydrogen) atoms. The minimum atomic E-state index is -0.766. The first kappa shape index (κ1) is 27.0. The maximum absolute atomic E-state index is 14.3. The van der Waals surface area contributed by atoms with Crippen LogP contribution in [0.4, 0.5) is 15.8 Å². The van der Waals surface area contributed by atoms with Crippen molar-refractivity contribution in [2.45, 2.75) is 57.5 Å². The summed E-state index contributed by atoms with van der Waals surface area (Å²) in [4.78, 5) is 36.1. The lowest BCUT2D eigenvalue weighted by Gasteiger charge is -2.38. The number of rotatable bonds is 11. The highest BCUT2D eigenvalue weighted by atomic mass is 19.1. The zero-order chi connectivity index (χ0) is 26.3. The van der Waals surface area contributed by atoms with Crippen LogP contribution in [-0.2, 0) is 9.59 Å². The normalized spacial score (nSPS) is 23.7. The van der Waals surface area contributed by atoms with E-state index < -0.39 is 17.5 Å². The molecule has 2 aromatic carbocycles. The first-order valence-corrected chi connectivity index (χ1v) is 12.2. The van der Waals surface area contributed by atoms with Gasteiger partial charge in [-0.25, -0.2) is 4.39 Å². The van der Waals surface area contributed by atoms with E-state index in [1.165, 1.54) is 6.08 Å². The summed E-state index contributed by atoms with van der Waals surface area (Å²) in [6, 6.07) is 11.6. The van der Waals surface area contributed by atoms with E-state index in [1.54, 1.807) is 24.3 Å². The SMILES string of the molecule is C=C/C(=C/F)[C@H]1C(C(=O)Nc2ccc(C=O)cc2)NC(CC)(CCC)C1c1ccc(C)cc1NC=O. The number of hydrogen-bond acceptors (Lipinski definition) is 4. The zero-order valence-electron chi connectivity index (χ0n) is 21.0. The molecular formula is C29H34FN3O3. The van der Waals surface area contributed by atoms with Crippen molar-refractivity contribution >= 4 is 30.0 Å². The van der Waals surface area contributed by atoms with Crippen LogP contribution < -0.4 is 16.0 Å². The molecule has 1 saturated heterocycles. The van der Waals surface area contributed by atoms with Crippen LogP contribution in [0.25, 0.3) is 0 Å². The molecule has 3 N–H and O–H groups in total. The Bertz CT molecular complexity index is 1140. The van der Waals surface area contributed by atoms with Crippen LogP contribution in [0.15, 0.2) is 67.0 Å². The first-order valence-electron chi connectivity index (χ1n) is 12.2. The largest absolute Gasteiger partial charge is 0.328 e. The van der Waals surface area contributed by atoms with Gasteiger partial charge in [0.1, 0.15) is 6.29 Å². The molecule has 0 spiro atoms. The summed E-state index contributed by atoms with van der Waals surface area (Å²) in [6.07, 6.45) is 5.62. The standard InChI is InChI=1S/C29H34FN3O3/c1-5-14-29(7-3)26(23-13-8-19(4)15-24(23)31-18-35)25(21(6-2)16-30)27(33-29)28(36)32-22-11-9-20(17-34)10-12-22/h6,8-13,15-18,25-27,33H,2,5,7,14H2,1,3-4H3,(H,31,35)(H,32,36)/b21-16-/t25-,26?,27?,29?/m1/s1. The summed E-state index contributed by atoms with van der Waals surface area (Å²) >= 11 is 0. The molecule has 2 aromatic rings. The van der Waals surface area contributed by atoms with E-state index >= 15 is 0 Å². The van der Waals surface area contributed by atoms with E-state index in [1.807, 2.05) is 25.1 Å². The van der Waals surface area contributed by atoms with Gasteiger partial charge in [-0.3, -0.25) is 19.7 Å². The highest BCUT2D eigenvalue weighted by molar-refractivity contribution is 5.96. The van der Waals surface area contributed by atoms with Crippen molar-refractivity contribution in [2.75, 3.05) is 10.6 Å². The van der Waals surface area contributed by atoms with Crippen molar-refractivity contribution in [1.29, 1.82) is 0 Å². The van der Waals surface area contributed by atoms with Crippen LogP contribution in [0.5, 0.6) is 0 Å². The fourth-order valence-electron chi connectivity index (χ4n) is 5.55. The number of anilines is 2. The average molecular weight is 492 g/mol. The molecule has 0 bridgehead atoms. The monoisotopic (exact) mass is 491 g/mol. The molecule has 190 valence electrons. The van der Waals surface area contributed by atoms with E-state index in [-0.39, 0.29) is 11.8 Å². The fourth-order valence-corrected chi connectivity index (χ4v) is 5.55. The molecule has 7 heteroatoms. The van der Waals surface area contributed by atoms with Crippen LogP contribution in [0, 0.1) is 12.8 Å². The summed E-state index contributed by atoms with van der Waals surface area (Å²) in [5, 5.41) is 9.32. The lowest BCUT2D eigenvalue weighted by atomic mass is 9.68. The third-order valence-corrected chi connectivity index (χ3v) is 7.19. The first-order chi connectivity index (χ1) is 17.4. The van der Waals surface area contributed by atoms with Crippen molar-refractivity contribution < 1.29 is 18.8 Å². The van der Waals surface area contributed by atoms with E-state index in [9.17, 15) is 18.8 Å². The smallest absolute Gasteiger partial charge is 0.242 e. The molecule has 1 aliphatic rings. The highest BCUT2D eigenvalue weighted by Gasteiger charge is 2.55. The number of carbonyl (C=O) groups is 3. The number of nitrogens with one attached hydrogen (secondary N) is 3. The molecule has 1 heterocycles. The van der Waals surface area contributed by atoms with Crippen LogP contribution >= 0.6 is 0 Å². The number of aldehydes is 1. The number of hydrogen-bond donors (Lipinski definition) is 3. The molecule has 4 atom stereocenters. The van der Waals surface area contributed by atoms with Crippen molar-refractivity contribution in [1.82, 2.24) is 5.32 Å². The molecule has 6 nitrogen and oxygen atoms in total. The average Bonchev–Trinajstić information content (AvgIpc) is 3.21. The predicted octanol–water partition coefficient (Wildman–Crippen LogP) is 5.67. The molecule has 0 saturated carbocycles. The molecule has 0 aromatic heterocycles. The lowest BCUT2D eigenvalue weighted by Crippen LogP contribution is -2.49. The van der Waals surface area contributed by atoms with Crippen LogP contribution in [0.3, 0.4) is 0 Å². The second kappa shape index (κ2) is 11.9. The number of carbonyl (C=O) groups excluding carboxylic acids is 3. The van der Waals surface area contributed by atoms with Gasteiger partial charge in [0.05, 0.1) is 12.4 Å². The molecule has 0 radical (unpaired) electrons. The molecule has 2 amide bonds. The van der Waals surface area contributed by atoms with E-state index in [0.29, 0.717) is 41.7 Å². The predicted molar refractivity (Wildman–Crippen MR) is 142 cm³/mol. The Hall–Kier alpha value is -3.58. The Morgan fingerprint density at radius 1 is 1.17 bits per heavy atom. The van der Waals surface area contributed by atoms with Crippen LogP contribution in [0.1, 0.15) is 60.5 Å². The Balaban J connectivity index is 2.15. The van der Waals surface area contributed by atoms with Crippen molar-refractivity contribution in [3.8, 4) is 0 Å². The summed E-state index contributed by atoms with van der Waals surface area (Å²) in [5.41, 5.74) is 3.27. The zero-order valence-corrected chi connectivity index (χ0v) is 21.0. The molecular weight excluding hydrogens is 457 g/mol. The topological polar surface area (TPSA) is 87.3 Å². The second-order valence-corrected chi connectivity index (χ2v) is 9.28. The van der Waals surface area contributed by atoms with Gasteiger partial charge < -0.3 is 10.6 Å². The highest BCUT2D eigenvalue weighted by Crippen LogP contribution is 2.52. The van der Waals surface area contributed by atoms with Crippen LogP contribution in [0.2, 0.25) is 0 Å². The summed E-state index contributed by atoms with van der Waals surface area (Å²) in [6.45, 7) is 9.89. The summed E-state index contributed by atoms with van der Waals surface area (Å²) in [7, 11) is 0. The number of allylic oxidation sites excluding steroid dienone is 1. The van der Waals surface area contributed by atoms with Gasteiger partial charge in [-0.1, -0.05) is 45.1 Å². The molecule has 0 aliphatic carbocycles. The Labute approximate surface area is 212 Å².